The molecule has 0 bridgehead atoms. The average molecular weight is 287 g/mol. The van der Waals surface area contributed by atoms with Crippen molar-refractivity contribution in [3.8, 4) is 5.69 Å². The summed E-state index contributed by atoms with van der Waals surface area (Å²) in [6.07, 6.45) is 3.67. The first-order valence-corrected chi connectivity index (χ1v) is 7.08. The minimum Gasteiger partial charge on any atom is -0.415 e. The predicted octanol–water partition coefficient (Wildman–Crippen LogP) is 2.01. The van der Waals surface area contributed by atoms with Crippen LogP contribution in [0.25, 0.3) is 5.69 Å². The Bertz CT molecular complexity index is 662. The summed E-state index contributed by atoms with van der Waals surface area (Å²) < 4.78 is 7.16. The highest BCUT2D eigenvalue weighted by molar-refractivity contribution is 7.98. The van der Waals surface area contributed by atoms with Crippen molar-refractivity contribution in [2.45, 2.75) is 17.5 Å². The average Bonchev–Trinajstić information content (AvgIpc) is 3.17. The Morgan fingerprint density at radius 2 is 2.05 bits per heavy atom. The van der Waals surface area contributed by atoms with Crippen LogP contribution < -0.4 is 5.73 Å². The molecule has 0 fully saturated rings. The summed E-state index contributed by atoms with van der Waals surface area (Å²) in [6.45, 7) is 0.270. The van der Waals surface area contributed by atoms with Gasteiger partial charge in [-0.15, -0.1) is 10.2 Å². The monoisotopic (exact) mass is 287 g/mol. The molecule has 3 aromatic rings. The van der Waals surface area contributed by atoms with Gasteiger partial charge in [-0.1, -0.05) is 23.9 Å². The Morgan fingerprint density at radius 3 is 2.70 bits per heavy atom. The summed E-state index contributed by atoms with van der Waals surface area (Å²) in [6, 6.07) is 10.1. The Hall–Kier alpha value is -2.12. The Labute approximate surface area is 120 Å². The standard InChI is InChI=1S/C13H13N5OS/c14-8-12-16-17-13(19-12)20-9-10-2-4-11(5-3-10)18-7-1-6-15-18/h1-7H,8-9,14H2. The fraction of sp³-hybridized carbons (Fsp3) is 0.154. The van der Waals surface area contributed by atoms with Gasteiger partial charge >= 0.3 is 0 Å². The fourth-order valence-electron chi connectivity index (χ4n) is 1.69. The first-order chi connectivity index (χ1) is 9.85. The van der Waals surface area contributed by atoms with E-state index in [1.165, 1.54) is 17.3 Å². The zero-order valence-electron chi connectivity index (χ0n) is 10.6. The van der Waals surface area contributed by atoms with Gasteiger partial charge in [0.15, 0.2) is 0 Å². The molecule has 0 saturated carbocycles. The van der Waals surface area contributed by atoms with Crippen molar-refractivity contribution in [1.82, 2.24) is 20.0 Å². The number of nitrogens with two attached hydrogens (primary N) is 1. The van der Waals surface area contributed by atoms with E-state index < -0.39 is 0 Å². The molecular weight excluding hydrogens is 274 g/mol. The van der Waals surface area contributed by atoms with Crippen LogP contribution >= 0.6 is 11.8 Å². The van der Waals surface area contributed by atoms with E-state index >= 15 is 0 Å². The highest BCUT2D eigenvalue weighted by Gasteiger charge is 2.05. The quantitative estimate of drug-likeness (QED) is 0.723. The third-order valence-corrected chi connectivity index (χ3v) is 3.58. The second kappa shape index (κ2) is 5.89. The summed E-state index contributed by atoms with van der Waals surface area (Å²) in [4.78, 5) is 0. The smallest absolute Gasteiger partial charge is 0.276 e. The van der Waals surface area contributed by atoms with Gasteiger partial charge in [-0.25, -0.2) is 4.68 Å². The first kappa shape index (κ1) is 12.9. The zero-order valence-corrected chi connectivity index (χ0v) is 11.5. The highest BCUT2D eigenvalue weighted by Crippen LogP contribution is 2.21. The van der Waals surface area contributed by atoms with Crippen LogP contribution in [0, 0.1) is 0 Å². The van der Waals surface area contributed by atoms with Crippen molar-refractivity contribution in [1.29, 1.82) is 0 Å². The number of thioether (sulfide) groups is 1. The molecule has 1 aromatic carbocycles. The lowest BCUT2D eigenvalue weighted by molar-refractivity contribution is 0.415. The van der Waals surface area contributed by atoms with E-state index in [9.17, 15) is 0 Å². The summed E-state index contributed by atoms with van der Waals surface area (Å²) in [7, 11) is 0. The molecule has 20 heavy (non-hydrogen) atoms. The van der Waals surface area contributed by atoms with Gasteiger partial charge in [0.05, 0.1) is 12.2 Å². The van der Waals surface area contributed by atoms with Crippen molar-refractivity contribution in [2.75, 3.05) is 0 Å². The lowest BCUT2D eigenvalue weighted by atomic mass is 10.2. The third kappa shape index (κ3) is 2.89. The van der Waals surface area contributed by atoms with Crippen LogP contribution in [0.5, 0.6) is 0 Å². The summed E-state index contributed by atoms with van der Waals surface area (Å²) >= 11 is 1.49. The van der Waals surface area contributed by atoms with Crippen LogP contribution in [0.3, 0.4) is 0 Å². The maximum Gasteiger partial charge on any atom is 0.276 e. The van der Waals surface area contributed by atoms with E-state index in [-0.39, 0.29) is 6.54 Å². The van der Waals surface area contributed by atoms with Crippen molar-refractivity contribution < 1.29 is 4.42 Å². The second-order valence-electron chi connectivity index (χ2n) is 4.07. The van der Waals surface area contributed by atoms with Gasteiger partial charge in [-0.05, 0) is 23.8 Å². The number of hydrogen-bond acceptors (Lipinski definition) is 6. The Kier molecular flexibility index (Phi) is 3.80. The minimum atomic E-state index is 0.270. The molecule has 102 valence electrons. The molecule has 2 N–H and O–H groups in total. The van der Waals surface area contributed by atoms with E-state index in [2.05, 4.69) is 27.4 Å². The van der Waals surface area contributed by atoms with E-state index in [0.717, 1.165) is 11.4 Å². The largest absolute Gasteiger partial charge is 0.415 e. The van der Waals surface area contributed by atoms with Gasteiger partial charge in [0, 0.05) is 18.1 Å². The zero-order chi connectivity index (χ0) is 13.8. The first-order valence-electron chi connectivity index (χ1n) is 6.09. The lowest BCUT2D eigenvalue weighted by Gasteiger charge is -2.03. The molecule has 6 nitrogen and oxygen atoms in total. The molecule has 3 rings (SSSR count). The number of rotatable bonds is 5. The SMILES string of the molecule is NCc1nnc(SCc2ccc(-n3cccn3)cc2)o1. The Balaban J connectivity index is 1.63. The molecule has 0 spiro atoms. The molecule has 2 heterocycles. The number of hydrogen-bond donors (Lipinski definition) is 1. The molecular formula is C13H13N5OS. The topological polar surface area (TPSA) is 82.8 Å². The fourth-order valence-corrected chi connectivity index (χ4v) is 2.43. The van der Waals surface area contributed by atoms with Crippen LogP contribution in [0.1, 0.15) is 11.5 Å². The number of benzene rings is 1. The van der Waals surface area contributed by atoms with Crippen molar-refractivity contribution in [3.05, 3.63) is 54.2 Å². The molecule has 0 aliphatic heterocycles. The van der Waals surface area contributed by atoms with Gasteiger partial charge in [0.1, 0.15) is 0 Å². The molecule has 0 aliphatic carbocycles. The second-order valence-corrected chi connectivity index (χ2v) is 5.00. The normalized spacial score (nSPS) is 10.8. The van der Waals surface area contributed by atoms with E-state index in [4.69, 9.17) is 10.2 Å². The van der Waals surface area contributed by atoms with Crippen molar-refractivity contribution >= 4 is 11.8 Å². The van der Waals surface area contributed by atoms with Crippen LogP contribution in [0.4, 0.5) is 0 Å². The summed E-state index contributed by atoms with van der Waals surface area (Å²) in [5.41, 5.74) is 7.63. The minimum absolute atomic E-state index is 0.270. The maximum absolute atomic E-state index is 5.42. The lowest BCUT2D eigenvalue weighted by Crippen LogP contribution is -1.95. The third-order valence-electron chi connectivity index (χ3n) is 2.69. The van der Waals surface area contributed by atoms with Gasteiger partial charge < -0.3 is 10.2 Å². The summed E-state index contributed by atoms with van der Waals surface area (Å²) in [5.74, 6) is 1.23. The van der Waals surface area contributed by atoms with Gasteiger partial charge in [-0.3, -0.25) is 0 Å². The van der Waals surface area contributed by atoms with Gasteiger partial charge in [0.25, 0.3) is 5.22 Å². The Morgan fingerprint density at radius 1 is 1.20 bits per heavy atom. The van der Waals surface area contributed by atoms with Crippen LogP contribution in [0.2, 0.25) is 0 Å². The van der Waals surface area contributed by atoms with Crippen LogP contribution in [-0.2, 0) is 12.3 Å². The number of aromatic nitrogens is 4. The van der Waals surface area contributed by atoms with E-state index in [1.807, 2.05) is 29.1 Å². The highest BCUT2D eigenvalue weighted by atomic mass is 32.2. The summed E-state index contributed by atoms with van der Waals surface area (Å²) in [5, 5.41) is 12.5. The molecule has 0 aliphatic rings. The molecule has 0 radical (unpaired) electrons. The molecule has 0 atom stereocenters. The molecule has 0 saturated heterocycles. The maximum atomic E-state index is 5.42. The van der Waals surface area contributed by atoms with Crippen LogP contribution in [-0.4, -0.2) is 20.0 Å². The van der Waals surface area contributed by atoms with Gasteiger partial charge in [-0.2, -0.15) is 5.10 Å². The van der Waals surface area contributed by atoms with E-state index in [0.29, 0.717) is 11.1 Å². The van der Waals surface area contributed by atoms with Crippen LogP contribution in [0.15, 0.2) is 52.4 Å². The number of nitrogens with zero attached hydrogens (tertiary/aromatic N) is 4. The molecule has 0 unspecified atom stereocenters. The van der Waals surface area contributed by atoms with E-state index in [1.54, 1.807) is 6.20 Å². The molecule has 7 heteroatoms. The van der Waals surface area contributed by atoms with Crippen molar-refractivity contribution in [3.63, 3.8) is 0 Å². The molecule has 2 aromatic heterocycles. The van der Waals surface area contributed by atoms with Gasteiger partial charge in [0.2, 0.25) is 5.89 Å². The molecule has 0 amide bonds. The van der Waals surface area contributed by atoms with Crippen molar-refractivity contribution in [2.24, 2.45) is 5.73 Å². The predicted molar refractivity (Wildman–Crippen MR) is 75.3 cm³/mol.